The Labute approximate surface area is 137 Å². The minimum absolute atomic E-state index is 0.121. The van der Waals surface area contributed by atoms with Gasteiger partial charge in [-0.25, -0.2) is 9.78 Å². The molecule has 2 N–H and O–H groups in total. The lowest BCUT2D eigenvalue weighted by molar-refractivity contribution is 0.0976. The van der Waals surface area contributed by atoms with Gasteiger partial charge >= 0.3 is 6.03 Å². The highest BCUT2D eigenvalue weighted by atomic mass is 32.1. The number of benzene rings is 1. The predicted molar refractivity (Wildman–Crippen MR) is 88.2 cm³/mol. The number of amides is 2. The van der Waals surface area contributed by atoms with Gasteiger partial charge in [0.15, 0.2) is 10.9 Å². The molecule has 1 heterocycles. The van der Waals surface area contributed by atoms with Crippen LogP contribution in [0.2, 0.25) is 0 Å². The van der Waals surface area contributed by atoms with Gasteiger partial charge in [0, 0.05) is 13.0 Å². The average Bonchev–Trinajstić information content (AvgIpc) is 2.97. The maximum Gasteiger partial charge on any atom is 0.321 e. The Balaban J connectivity index is 1.56. The summed E-state index contributed by atoms with van der Waals surface area (Å²) in [6.45, 7) is 0.403. The van der Waals surface area contributed by atoms with Gasteiger partial charge in [-0.1, -0.05) is 23.5 Å². The molecule has 7 heteroatoms. The summed E-state index contributed by atoms with van der Waals surface area (Å²) in [4.78, 5) is 28.7. The zero-order valence-electron chi connectivity index (χ0n) is 12.7. The maximum absolute atomic E-state index is 11.9. The van der Waals surface area contributed by atoms with Crippen molar-refractivity contribution in [2.24, 2.45) is 0 Å². The number of fused-ring (bicyclic) bond motifs is 1. The summed E-state index contributed by atoms with van der Waals surface area (Å²) in [5.41, 5.74) is 1.77. The van der Waals surface area contributed by atoms with E-state index in [1.165, 1.54) is 11.3 Å². The molecule has 0 bridgehead atoms. The smallest absolute Gasteiger partial charge is 0.321 e. The molecule has 0 saturated heterocycles. The van der Waals surface area contributed by atoms with Gasteiger partial charge in [-0.3, -0.25) is 10.1 Å². The molecule has 0 saturated carbocycles. The summed E-state index contributed by atoms with van der Waals surface area (Å²) in [5.74, 6) is 0.895. The lowest BCUT2D eigenvalue weighted by atomic mass is 10.0. The van der Waals surface area contributed by atoms with Gasteiger partial charge in [0.05, 0.1) is 17.7 Å². The quantitative estimate of drug-likeness (QED) is 0.902. The van der Waals surface area contributed by atoms with Crippen molar-refractivity contribution in [3.63, 3.8) is 0 Å². The number of thiazole rings is 1. The van der Waals surface area contributed by atoms with Crippen LogP contribution in [0, 0.1) is 0 Å². The van der Waals surface area contributed by atoms with E-state index in [-0.39, 0.29) is 11.8 Å². The molecule has 0 aliphatic heterocycles. The molecule has 6 nitrogen and oxygen atoms in total. The SMILES string of the molecule is COc1ccc(CNC(=O)Nc2nc3c(s2)C(=O)CCC3)cc1. The lowest BCUT2D eigenvalue weighted by Crippen LogP contribution is -2.28. The number of carbonyl (C=O) groups is 2. The number of ether oxygens (including phenoxy) is 1. The predicted octanol–water partition coefficient (Wildman–Crippen LogP) is 2.99. The Kier molecular flexibility index (Phi) is 4.57. The molecule has 1 aromatic carbocycles. The number of rotatable bonds is 4. The van der Waals surface area contributed by atoms with Crippen molar-refractivity contribution in [2.45, 2.75) is 25.8 Å². The van der Waals surface area contributed by atoms with Crippen molar-refractivity contribution >= 4 is 28.3 Å². The number of anilines is 1. The van der Waals surface area contributed by atoms with Crippen molar-refractivity contribution in [1.82, 2.24) is 10.3 Å². The third-order valence-electron chi connectivity index (χ3n) is 3.60. The third-order valence-corrected chi connectivity index (χ3v) is 4.65. The van der Waals surface area contributed by atoms with Crippen LogP contribution in [0.25, 0.3) is 0 Å². The molecule has 0 unspecified atom stereocenters. The van der Waals surface area contributed by atoms with Gasteiger partial charge in [-0.15, -0.1) is 0 Å². The van der Waals surface area contributed by atoms with Crippen molar-refractivity contribution < 1.29 is 14.3 Å². The monoisotopic (exact) mass is 331 g/mol. The van der Waals surface area contributed by atoms with Crippen LogP contribution in [0.3, 0.4) is 0 Å². The number of carbonyl (C=O) groups excluding carboxylic acids is 2. The summed E-state index contributed by atoms with van der Waals surface area (Å²) in [7, 11) is 1.61. The van der Waals surface area contributed by atoms with Gasteiger partial charge in [-0.2, -0.15) is 0 Å². The Morgan fingerprint density at radius 2 is 2.09 bits per heavy atom. The number of urea groups is 1. The van der Waals surface area contributed by atoms with Gasteiger partial charge in [-0.05, 0) is 30.5 Å². The van der Waals surface area contributed by atoms with Crippen LogP contribution in [0.4, 0.5) is 9.93 Å². The largest absolute Gasteiger partial charge is 0.497 e. The fraction of sp³-hybridized carbons (Fsp3) is 0.312. The summed E-state index contributed by atoms with van der Waals surface area (Å²) in [5, 5.41) is 5.93. The van der Waals surface area contributed by atoms with E-state index in [0.29, 0.717) is 23.0 Å². The van der Waals surface area contributed by atoms with Gasteiger partial charge < -0.3 is 10.1 Å². The summed E-state index contributed by atoms with van der Waals surface area (Å²) in [6, 6.07) is 7.13. The summed E-state index contributed by atoms with van der Waals surface area (Å²) < 4.78 is 5.09. The highest BCUT2D eigenvalue weighted by Crippen LogP contribution is 2.29. The molecule has 0 radical (unpaired) electrons. The van der Waals surface area contributed by atoms with Crippen LogP contribution in [0.1, 0.15) is 33.8 Å². The molecule has 2 amide bonds. The Morgan fingerprint density at radius 1 is 1.30 bits per heavy atom. The zero-order valence-corrected chi connectivity index (χ0v) is 13.5. The second kappa shape index (κ2) is 6.78. The van der Waals surface area contributed by atoms with E-state index in [1.54, 1.807) is 7.11 Å². The number of Topliss-reactive ketones (excluding diaryl/α,β-unsaturated/α-hetero) is 1. The number of nitrogens with zero attached hydrogens (tertiary/aromatic N) is 1. The van der Waals surface area contributed by atoms with Gasteiger partial charge in [0.1, 0.15) is 5.75 Å². The zero-order chi connectivity index (χ0) is 16.2. The highest BCUT2D eigenvalue weighted by molar-refractivity contribution is 7.17. The second-order valence-electron chi connectivity index (χ2n) is 5.23. The first-order valence-electron chi connectivity index (χ1n) is 7.36. The molecule has 23 heavy (non-hydrogen) atoms. The van der Waals surface area contributed by atoms with E-state index < -0.39 is 0 Å². The van der Waals surface area contributed by atoms with E-state index in [9.17, 15) is 9.59 Å². The van der Waals surface area contributed by atoms with E-state index >= 15 is 0 Å². The average molecular weight is 331 g/mol. The van der Waals surface area contributed by atoms with Gasteiger partial charge in [0.2, 0.25) is 0 Å². The van der Waals surface area contributed by atoms with Crippen LogP contribution in [0.5, 0.6) is 5.75 Å². The molecular weight excluding hydrogens is 314 g/mol. The van der Waals surface area contributed by atoms with E-state index in [0.717, 1.165) is 29.8 Å². The molecule has 0 fully saturated rings. The minimum atomic E-state index is -0.334. The van der Waals surface area contributed by atoms with Crippen LogP contribution >= 0.6 is 11.3 Å². The molecule has 1 aliphatic rings. The maximum atomic E-state index is 11.9. The Hall–Kier alpha value is -2.41. The number of aromatic nitrogens is 1. The van der Waals surface area contributed by atoms with Crippen molar-refractivity contribution in [1.29, 1.82) is 0 Å². The molecule has 3 rings (SSSR count). The number of methoxy groups -OCH3 is 1. The fourth-order valence-electron chi connectivity index (χ4n) is 2.39. The molecule has 0 spiro atoms. The number of hydrogen-bond donors (Lipinski definition) is 2. The third kappa shape index (κ3) is 3.68. The molecular formula is C16H17N3O3S. The van der Waals surface area contributed by atoms with Crippen molar-refractivity contribution in [3.8, 4) is 5.75 Å². The normalized spacial score (nSPS) is 13.3. The fourth-order valence-corrected chi connectivity index (χ4v) is 3.36. The van der Waals surface area contributed by atoms with Crippen LogP contribution in [0.15, 0.2) is 24.3 Å². The lowest BCUT2D eigenvalue weighted by Gasteiger charge is -2.06. The molecule has 2 aromatic rings. The van der Waals surface area contributed by atoms with Crippen molar-refractivity contribution in [3.05, 3.63) is 40.4 Å². The summed E-state index contributed by atoms with van der Waals surface area (Å²) >= 11 is 1.25. The topological polar surface area (TPSA) is 80.3 Å². The van der Waals surface area contributed by atoms with Crippen LogP contribution in [-0.4, -0.2) is 23.9 Å². The minimum Gasteiger partial charge on any atom is -0.497 e. The Bertz CT molecular complexity index is 725. The number of nitrogens with one attached hydrogen (secondary N) is 2. The Morgan fingerprint density at radius 3 is 2.78 bits per heavy atom. The number of hydrogen-bond acceptors (Lipinski definition) is 5. The molecule has 0 atom stereocenters. The number of aryl methyl sites for hydroxylation is 1. The first-order chi connectivity index (χ1) is 11.2. The number of ketones is 1. The standard InChI is InChI=1S/C16H17N3O3S/c1-22-11-7-5-10(6-8-11)9-17-15(21)19-16-18-12-3-2-4-13(20)14(12)23-16/h5-8H,2-4,9H2,1H3,(H2,17,18,19,21). The first kappa shape index (κ1) is 15.5. The van der Waals surface area contributed by atoms with Crippen LogP contribution < -0.4 is 15.4 Å². The van der Waals surface area contributed by atoms with E-state index in [1.807, 2.05) is 24.3 Å². The van der Waals surface area contributed by atoms with E-state index in [2.05, 4.69) is 15.6 Å². The molecule has 1 aliphatic carbocycles. The highest BCUT2D eigenvalue weighted by Gasteiger charge is 2.22. The van der Waals surface area contributed by atoms with Crippen molar-refractivity contribution in [2.75, 3.05) is 12.4 Å². The first-order valence-corrected chi connectivity index (χ1v) is 8.18. The van der Waals surface area contributed by atoms with Crippen LogP contribution in [-0.2, 0) is 13.0 Å². The second-order valence-corrected chi connectivity index (χ2v) is 6.23. The summed E-state index contributed by atoms with van der Waals surface area (Å²) in [6.07, 6.45) is 2.20. The molecule has 1 aromatic heterocycles. The van der Waals surface area contributed by atoms with E-state index in [4.69, 9.17) is 4.74 Å². The van der Waals surface area contributed by atoms with Gasteiger partial charge in [0.25, 0.3) is 0 Å². The molecule has 120 valence electrons.